The molecular formula is C29H28BClN6O4. The highest BCUT2D eigenvalue weighted by atomic mass is 35.5. The number of carbonyl (C=O) groups excluding carboxylic acids is 1. The van der Waals surface area contributed by atoms with Crippen molar-refractivity contribution >= 4 is 53.8 Å². The van der Waals surface area contributed by atoms with Crippen LogP contribution in [0.15, 0.2) is 72.9 Å². The van der Waals surface area contributed by atoms with Gasteiger partial charge in [0.15, 0.2) is 17.1 Å². The monoisotopic (exact) mass is 570 g/mol. The fourth-order valence-electron chi connectivity index (χ4n) is 4.40. The second kappa shape index (κ2) is 12.1. The van der Waals surface area contributed by atoms with Gasteiger partial charge < -0.3 is 30.2 Å². The van der Waals surface area contributed by atoms with Crippen molar-refractivity contribution in [3.05, 3.63) is 83.5 Å². The molecule has 2 amide bonds. The molecule has 3 aromatic carbocycles. The molecule has 41 heavy (non-hydrogen) atoms. The quantitative estimate of drug-likeness (QED) is 0.222. The van der Waals surface area contributed by atoms with Gasteiger partial charge >= 0.3 is 6.03 Å². The number of amides is 2. The van der Waals surface area contributed by atoms with E-state index in [1.54, 1.807) is 22.8 Å². The number of hydrogen-bond acceptors (Lipinski definition) is 7. The van der Waals surface area contributed by atoms with Crippen molar-refractivity contribution in [2.24, 2.45) is 0 Å². The summed E-state index contributed by atoms with van der Waals surface area (Å²) < 4.78 is 17.8. The standard InChI is InChI=1S/C29H28BClN6O4/c1-39-24-12-19(13-25(40-2)27(24)41-3)35-29(38)34-18-8-6-7-17(11-18)15-32-26-14-23(20-9-4-5-10-22(20)31)36-28-21(30)16-33-37(26)28/h4-14,16,32H,15,30H2,1-3H3,(H2,34,35,38). The van der Waals surface area contributed by atoms with E-state index < -0.39 is 6.03 Å². The molecule has 2 heterocycles. The molecular weight excluding hydrogens is 543 g/mol. The Morgan fingerprint density at radius 3 is 2.37 bits per heavy atom. The molecule has 2 aromatic heterocycles. The Hall–Kier alpha value is -4.90. The summed E-state index contributed by atoms with van der Waals surface area (Å²) in [7, 11) is 6.52. The van der Waals surface area contributed by atoms with E-state index in [2.05, 4.69) is 21.0 Å². The second-order valence-electron chi connectivity index (χ2n) is 9.12. The van der Waals surface area contributed by atoms with Crippen LogP contribution in [-0.4, -0.2) is 49.8 Å². The molecule has 208 valence electrons. The topological polar surface area (TPSA) is 111 Å². The fourth-order valence-corrected chi connectivity index (χ4v) is 4.64. The molecule has 5 aromatic rings. The first-order valence-electron chi connectivity index (χ1n) is 12.7. The first kappa shape index (κ1) is 27.7. The Kier molecular flexibility index (Phi) is 8.16. The number of anilines is 3. The predicted molar refractivity (Wildman–Crippen MR) is 164 cm³/mol. The molecule has 0 aliphatic carbocycles. The molecule has 0 saturated carbocycles. The van der Waals surface area contributed by atoms with Crippen LogP contribution in [0, 0.1) is 0 Å². The highest BCUT2D eigenvalue weighted by molar-refractivity contribution is 6.36. The summed E-state index contributed by atoms with van der Waals surface area (Å²) in [5.74, 6) is 2.07. The first-order valence-corrected chi connectivity index (χ1v) is 13.1. The van der Waals surface area contributed by atoms with Gasteiger partial charge in [0, 0.05) is 47.2 Å². The van der Waals surface area contributed by atoms with Gasteiger partial charge in [-0.2, -0.15) is 9.61 Å². The van der Waals surface area contributed by atoms with Gasteiger partial charge in [0.1, 0.15) is 13.7 Å². The highest BCUT2D eigenvalue weighted by Gasteiger charge is 2.15. The Balaban J connectivity index is 1.32. The fraction of sp³-hybridized carbons (Fsp3) is 0.138. The van der Waals surface area contributed by atoms with E-state index in [1.165, 1.54) is 21.3 Å². The van der Waals surface area contributed by atoms with Crippen molar-refractivity contribution < 1.29 is 19.0 Å². The largest absolute Gasteiger partial charge is 0.493 e. The number of fused-ring (bicyclic) bond motifs is 1. The van der Waals surface area contributed by atoms with Crippen molar-refractivity contribution in [1.29, 1.82) is 0 Å². The maximum atomic E-state index is 12.8. The van der Waals surface area contributed by atoms with Crippen LogP contribution in [0.25, 0.3) is 16.9 Å². The molecule has 12 heteroatoms. The van der Waals surface area contributed by atoms with Crippen molar-refractivity contribution in [3.63, 3.8) is 0 Å². The van der Waals surface area contributed by atoms with E-state index in [0.29, 0.717) is 40.2 Å². The number of aromatic nitrogens is 3. The molecule has 0 radical (unpaired) electrons. The summed E-state index contributed by atoms with van der Waals surface area (Å²) in [4.78, 5) is 17.6. The number of ether oxygens (including phenoxy) is 3. The minimum absolute atomic E-state index is 0.420. The first-order chi connectivity index (χ1) is 19.9. The minimum atomic E-state index is -0.420. The van der Waals surface area contributed by atoms with E-state index in [-0.39, 0.29) is 0 Å². The van der Waals surface area contributed by atoms with Gasteiger partial charge in [-0.1, -0.05) is 41.9 Å². The lowest BCUT2D eigenvalue weighted by molar-refractivity contribution is 0.262. The zero-order valence-electron chi connectivity index (χ0n) is 23.0. The molecule has 0 fully saturated rings. The maximum Gasteiger partial charge on any atom is 0.323 e. The third kappa shape index (κ3) is 6.00. The van der Waals surface area contributed by atoms with Gasteiger partial charge in [-0.15, -0.1) is 0 Å². The van der Waals surface area contributed by atoms with Gasteiger partial charge in [-0.3, -0.25) is 0 Å². The number of halogens is 1. The number of carbonyl (C=O) groups is 1. The van der Waals surface area contributed by atoms with Crippen LogP contribution in [0.2, 0.25) is 5.02 Å². The van der Waals surface area contributed by atoms with Gasteiger partial charge in [0.25, 0.3) is 0 Å². The SMILES string of the molecule is Bc1cnn2c(NCc3cccc(NC(=O)Nc4cc(OC)c(OC)c(OC)c4)c3)cc(-c3ccccc3Cl)nc12. The number of hydrogen-bond donors (Lipinski definition) is 3. The van der Waals surface area contributed by atoms with Crippen molar-refractivity contribution in [2.75, 3.05) is 37.3 Å². The number of methoxy groups -OCH3 is 3. The van der Waals surface area contributed by atoms with E-state index in [0.717, 1.165) is 33.7 Å². The number of benzene rings is 3. The molecule has 0 atom stereocenters. The lowest BCUT2D eigenvalue weighted by Gasteiger charge is -2.15. The summed E-state index contributed by atoms with van der Waals surface area (Å²) in [6, 6.07) is 20.0. The van der Waals surface area contributed by atoms with Crippen LogP contribution >= 0.6 is 11.6 Å². The predicted octanol–water partition coefficient (Wildman–Crippen LogP) is 4.59. The molecule has 0 bridgehead atoms. The van der Waals surface area contributed by atoms with Crippen LogP contribution in [0.5, 0.6) is 17.2 Å². The smallest absolute Gasteiger partial charge is 0.323 e. The number of urea groups is 1. The lowest BCUT2D eigenvalue weighted by atomic mass is 10.0. The van der Waals surface area contributed by atoms with Gasteiger partial charge in [0.05, 0.1) is 32.7 Å². The van der Waals surface area contributed by atoms with E-state index in [4.69, 9.17) is 30.8 Å². The van der Waals surface area contributed by atoms with Crippen LogP contribution in [0.4, 0.5) is 22.0 Å². The molecule has 3 N–H and O–H groups in total. The Bertz CT molecular complexity index is 1700. The Morgan fingerprint density at radius 1 is 0.927 bits per heavy atom. The summed E-state index contributed by atoms with van der Waals surface area (Å²) in [6.07, 6.45) is 1.78. The highest BCUT2D eigenvalue weighted by Crippen LogP contribution is 2.40. The minimum Gasteiger partial charge on any atom is -0.493 e. The molecule has 0 aliphatic rings. The molecule has 0 aliphatic heterocycles. The normalized spacial score (nSPS) is 10.7. The summed E-state index contributed by atoms with van der Waals surface area (Å²) in [5.41, 5.74) is 5.33. The van der Waals surface area contributed by atoms with Crippen molar-refractivity contribution in [3.8, 4) is 28.5 Å². The number of nitrogens with one attached hydrogen (secondary N) is 3. The average molecular weight is 571 g/mol. The third-order valence-corrected chi connectivity index (χ3v) is 6.71. The van der Waals surface area contributed by atoms with Gasteiger partial charge in [-0.25, -0.2) is 9.78 Å². The van der Waals surface area contributed by atoms with Crippen LogP contribution < -0.4 is 35.6 Å². The summed E-state index contributed by atoms with van der Waals surface area (Å²) in [6.45, 7) is 0.476. The number of nitrogens with zero attached hydrogens (tertiary/aromatic N) is 3. The molecule has 5 rings (SSSR count). The van der Waals surface area contributed by atoms with Crippen molar-refractivity contribution in [1.82, 2.24) is 14.6 Å². The second-order valence-corrected chi connectivity index (χ2v) is 9.52. The molecule has 0 spiro atoms. The van der Waals surface area contributed by atoms with Crippen LogP contribution in [-0.2, 0) is 6.54 Å². The van der Waals surface area contributed by atoms with Gasteiger partial charge in [0.2, 0.25) is 5.75 Å². The van der Waals surface area contributed by atoms with Crippen molar-refractivity contribution in [2.45, 2.75) is 6.54 Å². The molecule has 0 saturated heterocycles. The Morgan fingerprint density at radius 2 is 1.66 bits per heavy atom. The van der Waals surface area contributed by atoms with E-state index in [1.807, 2.05) is 62.4 Å². The lowest BCUT2D eigenvalue weighted by Crippen LogP contribution is -2.19. The average Bonchev–Trinajstić information content (AvgIpc) is 3.36. The number of rotatable bonds is 9. The Labute approximate surface area is 243 Å². The van der Waals surface area contributed by atoms with Crippen LogP contribution in [0.3, 0.4) is 0 Å². The zero-order valence-corrected chi connectivity index (χ0v) is 23.7. The van der Waals surface area contributed by atoms with Crippen LogP contribution in [0.1, 0.15) is 5.56 Å². The van der Waals surface area contributed by atoms with Gasteiger partial charge in [-0.05, 0) is 29.2 Å². The third-order valence-electron chi connectivity index (χ3n) is 6.38. The van der Waals surface area contributed by atoms with E-state index >= 15 is 0 Å². The van der Waals surface area contributed by atoms with E-state index in [9.17, 15) is 4.79 Å². The molecule has 10 nitrogen and oxygen atoms in total. The summed E-state index contributed by atoms with van der Waals surface area (Å²) >= 11 is 6.46. The molecule has 0 unspecified atom stereocenters. The zero-order chi connectivity index (χ0) is 28.9. The maximum absolute atomic E-state index is 12.8. The summed E-state index contributed by atoms with van der Waals surface area (Å²) in [5, 5.41) is 14.2.